The first-order chi connectivity index (χ1) is 12.1. The second kappa shape index (κ2) is 5.22. The smallest absolute Gasteiger partial charge is 0.399 e. The van der Waals surface area contributed by atoms with Crippen molar-refractivity contribution in [3.8, 4) is 17.2 Å². The molecule has 0 unspecified atom stereocenters. The van der Waals surface area contributed by atoms with Crippen LogP contribution in [0.15, 0.2) is 36.4 Å². The summed E-state index contributed by atoms with van der Waals surface area (Å²) in [6, 6.07) is 14.8. The molecule has 0 aromatic heterocycles. The summed E-state index contributed by atoms with van der Waals surface area (Å²) in [5, 5.41) is 9.62. The van der Waals surface area contributed by atoms with Gasteiger partial charge in [-0.15, -0.1) is 0 Å². The zero-order chi connectivity index (χ0) is 18.9. The first-order valence-electron chi connectivity index (χ1n) is 9.12. The quantitative estimate of drug-likeness (QED) is 0.729. The third kappa shape index (κ3) is 2.21. The number of benzene rings is 2. The third-order valence-corrected chi connectivity index (χ3v) is 6.37. The predicted molar refractivity (Wildman–Crippen MR) is 104 cm³/mol. The SMILES string of the molecule is CC1(C)c2ccc(B3OC(C)(C)C(C)(C)O3)cc2-c2c(C#N)cccc21. The van der Waals surface area contributed by atoms with Gasteiger partial charge in [0.1, 0.15) is 0 Å². The monoisotopic (exact) mass is 345 g/mol. The molecule has 132 valence electrons. The van der Waals surface area contributed by atoms with Crippen LogP contribution in [0.25, 0.3) is 11.1 Å². The highest BCUT2D eigenvalue weighted by atomic mass is 16.7. The summed E-state index contributed by atoms with van der Waals surface area (Å²) >= 11 is 0. The maximum atomic E-state index is 9.62. The number of nitrogens with zero attached hydrogens (tertiary/aromatic N) is 1. The molecule has 1 heterocycles. The Morgan fingerprint density at radius 2 is 1.54 bits per heavy atom. The molecule has 0 atom stereocenters. The molecule has 0 radical (unpaired) electrons. The van der Waals surface area contributed by atoms with Gasteiger partial charge in [-0.25, -0.2) is 0 Å². The average Bonchev–Trinajstić information content (AvgIpc) is 2.94. The van der Waals surface area contributed by atoms with Gasteiger partial charge in [0.2, 0.25) is 0 Å². The van der Waals surface area contributed by atoms with Crippen LogP contribution < -0.4 is 5.46 Å². The summed E-state index contributed by atoms with van der Waals surface area (Å²) in [6.07, 6.45) is 0. The van der Waals surface area contributed by atoms with E-state index < -0.39 is 7.12 Å². The number of hydrogen-bond donors (Lipinski definition) is 0. The minimum atomic E-state index is -0.397. The van der Waals surface area contributed by atoms with Crippen molar-refractivity contribution in [2.24, 2.45) is 0 Å². The van der Waals surface area contributed by atoms with Crippen LogP contribution in [0.5, 0.6) is 0 Å². The Hall–Kier alpha value is -2.09. The van der Waals surface area contributed by atoms with Gasteiger partial charge in [0.25, 0.3) is 0 Å². The van der Waals surface area contributed by atoms with E-state index in [1.54, 1.807) is 0 Å². The van der Waals surface area contributed by atoms with Crippen LogP contribution in [0.4, 0.5) is 0 Å². The second-order valence-corrected chi connectivity index (χ2v) is 8.86. The van der Waals surface area contributed by atoms with Gasteiger partial charge < -0.3 is 9.31 Å². The number of hydrogen-bond acceptors (Lipinski definition) is 3. The summed E-state index contributed by atoms with van der Waals surface area (Å²) in [5.74, 6) is 0. The fraction of sp³-hybridized carbons (Fsp3) is 0.409. The third-order valence-electron chi connectivity index (χ3n) is 6.37. The van der Waals surface area contributed by atoms with Crippen LogP contribution >= 0.6 is 0 Å². The van der Waals surface area contributed by atoms with E-state index in [0.717, 1.165) is 22.2 Å². The molecule has 0 bridgehead atoms. The Morgan fingerprint density at radius 1 is 0.885 bits per heavy atom. The van der Waals surface area contributed by atoms with Crippen LogP contribution in [0.1, 0.15) is 58.2 Å². The van der Waals surface area contributed by atoms with Gasteiger partial charge >= 0.3 is 7.12 Å². The van der Waals surface area contributed by atoms with Gasteiger partial charge in [0.15, 0.2) is 0 Å². The van der Waals surface area contributed by atoms with E-state index in [1.807, 2.05) is 12.1 Å². The van der Waals surface area contributed by atoms with Crippen molar-refractivity contribution in [2.75, 3.05) is 0 Å². The van der Waals surface area contributed by atoms with Crippen molar-refractivity contribution in [2.45, 2.75) is 58.2 Å². The molecular formula is C22H24BNO2. The van der Waals surface area contributed by atoms with Crippen LogP contribution in [0, 0.1) is 11.3 Å². The molecule has 2 aliphatic rings. The highest BCUT2D eigenvalue weighted by Gasteiger charge is 2.52. The van der Waals surface area contributed by atoms with Crippen LogP contribution in [-0.4, -0.2) is 18.3 Å². The van der Waals surface area contributed by atoms with E-state index in [4.69, 9.17) is 9.31 Å². The summed E-state index contributed by atoms with van der Waals surface area (Å²) in [6.45, 7) is 12.7. The fourth-order valence-corrected chi connectivity index (χ4v) is 4.04. The van der Waals surface area contributed by atoms with Crippen molar-refractivity contribution in [1.82, 2.24) is 0 Å². The van der Waals surface area contributed by atoms with Gasteiger partial charge in [-0.1, -0.05) is 44.2 Å². The molecule has 1 aliphatic heterocycles. The van der Waals surface area contributed by atoms with Crippen molar-refractivity contribution in [3.05, 3.63) is 53.1 Å². The van der Waals surface area contributed by atoms with E-state index >= 15 is 0 Å². The minimum Gasteiger partial charge on any atom is -0.399 e. The maximum Gasteiger partial charge on any atom is 0.494 e. The fourth-order valence-electron chi connectivity index (χ4n) is 4.04. The number of nitriles is 1. The minimum absolute atomic E-state index is 0.119. The van der Waals surface area contributed by atoms with Crippen molar-refractivity contribution in [1.29, 1.82) is 5.26 Å². The van der Waals surface area contributed by atoms with E-state index in [1.165, 1.54) is 11.1 Å². The zero-order valence-corrected chi connectivity index (χ0v) is 16.3. The van der Waals surface area contributed by atoms with Crippen LogP contribution in [0.2, 0.25) is 0 Å². The molecule has 2 aromatic carbocycles. The molecule has 3 nitrogen and oxygen atoms in total. The lowest BCUT2D eigenvalue weighted by atomic mass is 9.76. The van der Waals surface area contributed by atoms with Gasteiger partial charge in [0, 0.05) is 11.0 Å². The highest BCUT2D eigenvalue weighted by Crippen LogP contribution is 2.49. The number of fused-ring (bicyclic) bond motifs is 3. The molecular weight excluding hydrogens is 321 g/mol. The van der Waals surface area contributed by atoms with Gasteiger partial charge in [0.05, 0.1) is 22.8 Å². The second-order valence-electron chi connectivity index (χ2n) is 8.86. The molecule has 4 heteroatoms. The lowest BCUT2D eigenvalue weighted by molar-refractivity contribution is 0.00578. The topological polar surface area (TPSA) is 42.2 Å². The average molecular weight is 345 g/mol. The van der Waals surface area contributed by atoms with Crippen molar-refractivity contribution < 1.29 is 9.31 Å². The maximum absolute atomic E-state index is 9.62. The molecule has 1 aliphatic carbocycles. The van der Waals surface area contributed by atoms with E-state index in [0.29, 0.717) is 0 Å². The van der Waals surface area contributed by atoms with Gasteiger partial charge in [-0.05, 0) is 55.9 Å². The highest BCUT2D eigenvalue weighted by molar-refractivity contribution is 6.62. The molecule has 1 saturated heterocycles. The summed E-state index contributed by atoms with van der Waals surface area (Å²) < 4.78 is 12.4. The summed E-state index contributed by atoms with van der Waals surface area (Å²) in [7, 11) is -0.397. The van der Waals surface area contributed by atoms with E-state index in [-0.39, 0.29) is 16.6 Å². The lowest BCUT2D eigenvalue weighted by Crippen LogP contribution is -2.41. The van der Waals surface area contributed by atoms with Crippen LogP contribution in [0.3, 0.4) is 0 Å². The Bertz CT molecular complexity index is 937. The zero-order valence-electron chi connectivity index (χ0n) is 16.3. The molecule has 0 spiro atoms. The lowest BCUT2D eigenvalue weighted by Gasteiger charge is -2.32. The largest absolute Gasteiger partial charge is 0.494 e. The first kappa shape index (κ1) is 17.3. The number of rotatable bonds is 1. The molecule has 1 fully saturated rings. The van der Waals surface area contributed by atoms with Gasteiger partial charge in [-0.3, -0.25) is 0 Å². The normalized spacial score (nSPS) is 21.2. The molecule has 4 rings (SSSR count). The summed E-state index contributed by atoms with van der Waals surface area (Å²) in [4.78, 5) is 0. The molecule has 2 aromatic rings. The Balaban J connectivity index is 1.86. The van der Waals surface area contributed by atoms with Gasteiger partial charge in [-0.2, -0.15) is 5.26 Å². The molecule has 26 heavy (non-hydrogen) atoms. The Kier molecular flexibility index (Phi) is 3.48. The summed E-state index contributed by atoms with van der Waals surface area (Å²) in [5.41, 5.74) is 5.48. The van der Waals surface area contributed by atoms with E-state index in [9.17, 15) is 5.26 Å². The standard InChI is InChI=1S/C22H24BNO2/c1-20(2)17-11-10-15(23-25-21(3,4)22(5,6)26-23)12-16(17)19-14(13-24)8-7-9-18(19)20/h7-12H,1-6H3. The van der Waals surface area contributed by atoms with Crippen molar-refractivity contribution in [3.63, 3.8) is 0 Å². The van der Waals surface area contributed by atoms with Crippen LogP contribution in [-0.2, 0) is 14.7 Å². The van der Waals surface area contributed by atoms with Crippen molar-refractivity contribution >= 4 is 12.6 Å². The first-order valence-corrected chi connectivity index (χ1v) is 9.12. The Labute approximate surface area is 156 Å². The predicted octanol–water partition coefficient (Wildman–Crippen LogP) is 4.16. The Morgan fingerprint density at radius 3 is 2.15 bits per heavy atom. The molecule has 0 amide bonds. The molecule has 0 saturated carbocycles. The van der Waals surface area contributed by atoms with E-state index in [2.05, 4.69) is 71.9 Å². The molecule has 0 N–H and O–H groups in total.